The molecular formula is C15H27N2O2. The third kappa shape index (κ3) is 6.08. The second kappa shape index (κ2) is 6.92. The summed E-state index contributed by atoms with van der Waals surface area (Å²) in [6.07, 6.45) is 7.46. The van der Waals surface area contributed by atoms with E-state index >= 15 is 0 Å². The van der Waals surface area contributed by atoms with Crippen LogP contribution in [0.25, 0.3) is 0 Å². The maximum atomic E-state index is 12.0. The Balaban J connectivity index is 2.32. The van der Waals surface area contributed by atoms with Crippen LogP contribution in [0.2, 0.25) is 0 Å². The van der Waals surface area contributed by atoms with Gasteiger partial charge < -0.3 is 10.2 Å². The summed E-state index contributed by atoms with van der Waals surface area (Å²) in [6.45, 7) is 5.98. The van der Waals surface area contributed by atoms with Crippen LogP contribution in [-0.4, -0.2) is 36.3 Å². The predicted octanol–water partition coefficient (Wildman–Crippen LogP) is 2.14. The molecular weight excluding hydrogens is 240 g/mol. The Kier molecular flexibility index (Phi) is 5.83. The highest BCUT2D eigenvalue weighted by molar-refractivity contribution is 5.89. The van der Waals surface area contributed by atoms with Gasteiger partial charge in [-0.2, -0.15) is 0 Å². The van der Waals surface area contributed by atoms with Crippen molar-refractivity contribution in [1.82, 2.24) is 10.2 Å². The molecule has 0 bridgehead atoms. The minimum absolute atomic E-state index is 0.00237. The highest BCUT2D eigenvalue weighted by atomic mass is 16.2. The first-order valence-electron chi connectivity index (χ1n) is 7.19. The minimum atomic E-state index is -0.169. The van der Waals surface area contributed by atoms with E-state index in [1.807, 2.05) is 27.8 Å². The summed E-state index contributed by atoms with van der Waals surface area (Å²) in [5.41, 5.74) is -0.164. The zero-order valence-corrected chi connectivity index (χ0v) is 12.7. The van der Waals surface area contributed by atoms with Crippen LogP contribution in [0.15, 0.2) is 0 Å². The normalized spacial score (nSPS) is 17.1. The monoisotopic (exact) mass is 267 g/mol. The van der Waals surface area contributed by atoms with Gasteiger partial charge >= 0.3 is 0 Å². The van der Waals surface area contributed by atoms with Gasteiger partial charge in [0, 0.05) is 13.1 Å². The second-order valence-electron chi connectivity index (χ2n) is 6.52. The average molecular weight is 267 g/mol. The molecule has 0 aromatic heterocycles. The summed E-state index contributed by atoms with van der Waals surface area (Å²) in [7, 11) is 1.85. The molecule has 2 amide bonds. The maximum Gasteiger partial charge on any atom is 0.241 e. The van der Waals surface area contributed by atoms with E-state index in [4.69, 9.17) is 0 Å². The fraction of sp³-hybridized carbons (Fsp3) is 0.800. The minimum Gasteiger partial charge on any atom is -0.347 e. The van der Waals surface area contributed by atoms with Crippen molar-refractivity contribution < 1.29 is 9.59 Å². The fourth-order valence-electron chi connectivity index (χ4n) is 2.40. The molecule has 0 aromatic carbocycles. The molecule has 4 heteroatoms. The topological polar surface area (TPSA) is 49.4 Å². The molecule has 0 atom stereocenters. The van der Waals surface area contributed by atoms with Crippen LogP contribution >= 0.6 is 0 Å². The summed E-state index contributed by atoms with van der Waals surface area (Å²) in [4.78, 5) is 25.4. The van der Waals surface area contributed by atoms with Gasteiger partial charge in [-0.1, -0.05) is 40.0 Å². The zero-order valence-electron chi connectivity index (χ0n) is 12.7. The van der Waals surface area contributed by atoms with Gasteiger partial charge in [-0.3, -0.25) is 9.59 Å². The molecule has 1 fully saturated rings. The molecule has 1 aliphatic rings. The van der Waals surface area contributed by atoms with Crippen LogP contribution in [-0.2, 0) is 9.59 Å². The average Bonchev–Trinajstić information content (AvgIpc) is 2.34. The molecule has 1 saturated carbocycles. The summed E-state index contributed by atoms with van der Waals surface area (Å²) in [5, 5.41) is 2.67. The van der Waals surface area contributed by atoms with Crippen molar-refractivity contribution in [2.45, 2.75) is 58.9 Å². The van der Waals surface area contributed by atoms with Gasteiger partial charge in [0.2, 0.25) is 11.8 Å². The molecule has 0 aromatic rings. The first-order chi connectivity index (χ1) is 8.79. The van der Waals surface area contributed by atoms with Crippen molar-refractivity contribution in [3.8, 4) is 0 Å². The first kappa shape index (κ1) is 16.0. The van der Waals surface area contributed by atoms with Crippen molar-refractivity contribution in [2.24, 2.45) is 5.41 Å². The first-order valence-corrected chi connectivity index (χ1v) is 7.19. The maximum absolute atomic E-state index is 12.0. The highest BCUT2D eigenvalue weighted by Gasteiger charge is 2.23. The number of hydrogen-bond acceptors (Lipinski definition) is 2. The van der Waals surface area contributed by atoms with E-state index in [1.54, 1.807) is 11.3 Å². The Morgan fingerprint density at radius 3 is 2.32 bits per heavy atom. The van der Waals surface area contributed by atoms with E-state index in [0.717, 1.165) is 12.8 Å². The fourth-order valence-corrected chi connectivity index (χ4v) is 2.40. The lowest BCUT2D eigenvalue weighted by Crippen LogP contribution is -2.44. The Labute approximate surface area is 116 Å². The van der Waals surface area contributed by atoms with Crippen LogP contribution in [0.4, 0.5) is 0 Å². The smallest absolute Gasteiger partial charge is 0.241 e. The van der Waals surface area contributed by atoms with Crippen molar-refractivity contribution in [1.29, 1.82) is 0 Å². The number of carbonyl (C=O) groups excluding carboxylic acids is 2. The Bertz CT molecular complexity index is 315. The second-order valence-corrected chi connectivity index (χ2v) is 6.52. The molecule has 0 unspecified atom stereocenters. The van der Waals surface area contributed by atoms with Gasteiger partial charge in [0.05, 0.1) is 13.0 Å². The van der Waals surface area contributed by atoms with Gasteiger partial charge in [-0.25, -0.2) is 0 Å². The number of carbonyl (C=O) groups is 2. The SMILES string of the molecule is CN(C(=O)CNC(=O)[CH]C(C)(C)C)C1CCCCC1. The van der Waals surface area contributed by atoms with Crippen molar-refractivity contribution in [2.75, 3.05) is 13.6 Å². The lowest BCUT2D eigenvalue weighted by Gasteiger charge is -2.31. The van der Waals surface area contributed by atoms with E-state index in [1.165, 1.54) is 19.3 Å². The van der Waals surface area contributed by atoms with Gasteiger partial charge in [0.15, 0.2) is 0 Å². The number of nitrogens with one attached hydrogen (secondary N) is 1. The largest absolute Gasteiger partial charge is 0.347 e. The molecule has 0 heterocycles. The number of rotatable bonds is 4. The summed E-state index contributed by atoms with van der Waals surface area (Å²) in [5.74, 6) is -0.166. The van der Waals surface area contributed by atoms with E-state index < -0.39 is 0 Å². The Morgan fingerprint density at radius 1 is 1.21 bits per heavy atom. The Morgan fingerprint density at radius 2 is 1.79 bits per heavy atom. The van der Waals surface area contributed by atoms with Crippen LogP contribution in [0.3, 0.4) is 0 Å². The number of hydrogen-bond donors (Lipinski definition) is 1. The van der Waals surface area contributed by atoms with Crippen molar-refractivity contribution >= 4 is 11.8 Å². The van der Waals surface area contributed by atoms with Gasteiger partial charge in [0.25, 0.3) is 0 Å². The highest BCUT2D eigenvalue weighted by Crippen LogP contribution is 2.21. The molecule has 0 aliphatic heterocycles. The number of nitrogens with zero attached hydrogens (tertiary/aromatic N) is 1. The van der Waals surface area contributed by atoms with E-state index in [9.17, 15) is 9.59 Å². The molecule has 1 radical (unpaired) electrons. The molecule has 0 saturated heterocycles. The van der Waals surface area contributed by atoms with E-state index in [-0.39, 0.29) is 23.8 Å². The summed E-state index contributed by atoms with van der Waals surface area (Å²) < 4.78 is 0. The van der Waals surface area contributed by atoms with Crippen molar-refractivity contribution in [3.05, 3.63) is 6.42 Å². The van der Waals surface area contributed by atoms with E-state index in [2.05, 4.69) is 5.32 Å². The van der Waals surface area contributed by atoms with Gasteiger partial charge in [-0.15, -0.1) is 0 Å². The third-order valence-corrected chi connectivity index (χ3v) is 3.49. The van der Waals surface area contributed by atoms with E-state index in [0.29, 0.717) is 6.04 Å². The van der Waals surface area contributed by atoms with Crippen molar-refractivity contribution in [3.63, 3.8) is 0 Å². The molecule has 4 nitrogen and oxygen atoms in total. The lowest BCUT2D eigenvalue weighted by molar-refractivity contribution is -0.133. The molecule has 1 N–H and O–H groups in total. The molecule has 1 aliphatic carbocycles. The van der Waals surface area contributed by atoms with Crippen LogP contribution in [0, 0.1) is 11.8 Å². The molecule has 109 valence electrons. The van der Waals surface area contributed by atoms with Crippen LogP contribution < -0.4 is 5.32 Å². The standard InChI is InChI=1S/C15H27N2O2/c1-15(2,3)10-13(18)16-11-14(19)17(4)12-8-6-5-7-9-12/h10,12H,5-9,11H2,1-4H3,(H,16,18). The van der Waals surface area contributed by atoms with Gasteiger partial charge in [-0.05, 0) is 18.3 Å². The van der Waals surface area contributed by atoms with Gasteiger partial charge in [0.1, 0.15) is 0 Å². The summed E-state index contributed by atoms with van der Waals surface area (Å²) >= 11 is 0. The Hall–Kier alpha value is -1.06. The molecule has 1 rings (SSSR count). The zero-order chi connectivity index (χ0) is 14.5. The number of amides is 2. The molecule has 19 heavy (non-hydrogen) atoms. The summed E-state index contributed by atoms with van der Waals surface area (Å²) in [6, 6.07) is 0.352. The quantitative estimate of drug-likeness (QED) is 0.848. The number of likely N-dealkylation sites (N-methyl/N-ethyl adjacent to an activating group) is 1. The van der Waals surface area contributed by atoms with Crippen LogP contribution in [0.1, 0.15) is 52.9 Å². The third-order valence-electron chi connectivity index (χ3n) is 3.49. The lowest BCUT2D eigenvalue weighted by atomic mass is 9.92. The van der Waals surface area contributed by atoms with Crippen LogP contribution in [0.5, 0.6) is 0 Å². The predicted molar refractivity (Wildman–Crippen MR) is 76.4 cm³/mol. The molecule has 0 spiro atoms.